The van der Waals surface area contributed by atoms with Gasteiger partial charge in [-0.15, -0.1) is 0 Å². The van der Waals surface area contributed by atoms with Crippen LogP contribution in [0.5, 0.6) is 0 Å². The third-order valence-corrected chi connectivity index (χ3v) is 6.35. The number of carbonyl (C=O) groups is 2. The van der Waals surface area contributed by atoms with Crippen LogP contribution in [0.25, 0.3) is 0 Å². The van der Waals surface area contributed by atoms with Crippen molar-refractivity contribution in [1.29, 1.82) is 0 Å². The number of fused-ring (bicyclic) bond motifs is 1. The fourth-order valence-corrected chi connectivity index (χ4v) is 4.71. The van der Waals surface area contributed by atoms with Gasteiger partial charge in [0.05, 0.1) is 16.3 Å². The number of esters is 1. The highest BCUT2D eigenvalue weighted by molar-refractivity contribution is 8.00. The van der Waals surface area contributed by atoms with Gasteiger partial charge in [-0.3, -0.25) is 19.7 Å². The Labute approximate surface area is 210 Å². The molecule has 1 heterocycles. The molecule has 0 aromatic heterocycles. The molecule has 0 bridgehead atoms. The lowest BCUT2D eigenvalue weighted by Gasteiger charge is -2.26. The van der Waals surface area contributed by atoms with Gasteiger partial charge in [-0.05, 0) is 35.9 Å². The number of aliphatic imine (C=N–C) groups is 1. The number of amides is 1. The zero-order valence-electron chi connectivity index (χ0n) is 18.9. The number of rotatable bonds is 8. The van der Waals surface area contributed by atoms with Gasteiger partial charge in [0.25, 0.3) is 11.6 Å². The summed E-state index contributed by atoms with van der Waals surface area (Å²) in [5.74, 6) is -1.02. The first-order chi connectivity index (χ1) is 17.3. The van der Waals surface area contributed by atoms with Gasteiger partial charge < -0.3 is 26.4 Å². The molecule has 0 saturated heterocycles. The highest BCUT2D eigenvalue weighted by Gasteiger charge is 2.34. The highest BCUT2D eigenvalue weighted by Crippen LogP contribution is 2.44. The van der Waals surface area contributed by atoms with E-state index >= 15 is 0 Å². The lowest BCUT2D eigenvalue weighted by atomic mass is 10.2. The zero-order valence-corrected chi connectivity index (χ0v) is 19.7. The Balaban J connectivity index is 1.51. The zero-order chi connectivity index (χ0) is 25.7. The molecule has 1 unspecified atom stereocenters. The summed E-state index contributed by atoms with van der Waals surface area (Å²) in [6, 6.07) is 19.9. The number of hydrogen-bond donors (Lipinski definition) is 3. The van der Waals surface area contributed by atoms with E-state index < -0.39 is 22.3 Å². The van der Waals surface area contributed by atoms with Crippen molar-refractivity contribution in [2.45, 2.75) is 17.0 Å². The summed E-state index contributed by atoms with van der Waals surface area (Å²) in [5.41, 5.74) is 12.2. The number of nitro groups is 1. The van der Waals surface area contributed by atoms with Gasteiger partial charge in [0.1, 0.15) is 13.2 Å². The maximum Gasteiger partial charge on any atom is 0.325 e. The minimum Gasteiger partial charge on any atom is -0.459 e. The van der Waals surface area contributed by atoms with Crippen LogP contribution in [0.3, 0.4) is 0 Å². The molecule has 0 aliphatic carbocycles. The maximum atomic E-state index is 12.9. The Morgan fingerprint density at radius 1 is 1.08 bits per heavy atom. The van der Waals surface area contributed by atoms with E-state index in [4.69, 9.17) is 16.2 Å². The molecule has 184 valence electrons. The molecule has 3 aromatic rings. The molecule has 0 spiro atoms. The van der Waals surface area contributed by atoms with Crippen molar-refractivity contribution >= 4 is 46.7 Å². The molecule has 11 nitrogen and oxygen atoms in total. The van der Waals surface area contributed by atoms with Gasteiger partial charge in [-0.25, -0.2) is 4.99 Å². The third-order valence-electron chi connectivity index (χ3n) is 5.17. The van der Waals surface area contributed by atoms with E-state index in [1.165, 1.54) is 23.9 Å². The number of non-ortho nitro benzene ring substituents is 1. The van der Waals surface area contributed by atoms with Crippen molar-refractivity contribution in [3.05, 3.63) is 94.0 Å². The fourth-order valence-electron chi connectivity index (χ4n) is 3.49. The second-order valence-corrected chi connectivity index (χ2v) is 8.83. The standard InChI is InChI=1S/C24H22N6O5S/c25-23(26)27-17-8-6-16(7-9-17)22(32)28-24-29(13-21(31)35-14-15-4-2-1-3-5-15)19-11-10-18(30(33)34)12-20(19)36-24/h1-12,24H,13-14H2,(H,28,32)(H4,25,26,27). The number of nitrogens with zero attached hydrogens (tertiary/aromatic N) is 3. The second-order valence-electron chi connectivity index (χ2n) is 7.71. The van der Waals surface area contributed by atoms with E-state index in [-0.39, 0.29) is 24.8 Å². The lowest BCUT2D eigenvalue weighted by molar-refractivity contribution is -0.385. The highest BCUT2D eigenvalue weighted by atomic mass is 32.2. The second kappa shape index (κ2) is 10.8. The summed E-state index contributed by atoms with van der Waals surface area (Å²) in [4.78, 5) is 42.5. The molecular weight excluding hydrogens is 484 g/mol. The van der Waals surface area contributed by atoms with Crippen molar-refractivity contribution in [2.75, 3.05) is 11.4 Å². The van der Waals surface area contributed by atoms with Gasteiger partial charge in [0.2, 0.25) is 0 Å². The third kappa shape index (κ3) is 5.91. The molecule has 0 saturated carbocycles. The lowest BCUT2D eigenvalue weighted by Crippen LogP contribution is -2.46. The van der Waals surface area contributed by atoms with Crippen LogP contribution in [0.2, 0.25) is 0 Å². The number of nitrogens with one attached hydrogen (secondary N) is 1. The molecule has 12 heteroatoms. The molecule has 0 radical (unpaired) electrons. The summed E-state index contributed by atoms with van der Waals surface area (Å²) < 4.78 is 5.41. The van der Waals surface area contributed by atoms with Gasteiger partial charge >= 0.3 is 5.97 Å². The van der Waals surface area contributed by atoms with Crippen LogP contribution in [0.15, 0.2) is 82.7 Å². The Morgan fingerprint density at radius 3 is 2.47 bits per heavy atom. The number of hydrogen-bond acceptors (Lipinski definition) is 8. The van der Waals surface area contributed by atoms with Crippen molar-refractivity contribution in [1.82, 2.24) is 5.32 Å². The Hall–Kier alpha value is -4.58. The molecule has 1 aliphatic rings. The summed E-state index contributed by atoms with van der Waals surface area (Å²) in [5, 5.41) is 14.1. The molecule has 5 N–H and O–H groups in total. The monoisotopic (exact) mass is 506 g/mol. The van der Waals surface area contributed by atoms with E-state index in [0.717, 1.165) is 5.56 Å². The van der Waals surface area contributed by atoms with Crippen molar-refractivity contribution in [3.8, 4) is 0 Å². The summed E-state index contributed by atoms with van der Waals surface area (Å²) in [6.45, 7) is -0.0635. The van der Waals surface area contributed by atoms with Crippen LogP contribution in [-0.2, 0) is 16.1 Å². The van der Waals surface area contributed by atoms with E-state index in [9.17, 15) is 19.7 Å². The fraction of sp³-hybridized carbons (Fsp3) is 0.125. The van der Waals surface area contributed by atoms with Crippen LogP contribution in [0, 0.1) is 10.1 Å². The van der Waals surface area contributed by atoms with Gasteiger partial charge in [0, 0.05) is 22.6 Å². The minimum absolute atomic E-state index is 0.0878. The average Bonchev–Trinajstić information content (AvgIpc) is 3.19. The predicted octanol–water partition coefficient (Wildman–Crippen LogP) is 2.87. The van der Waals surface area contributed by atoms with Crippen LogP contribution in [-0.4, -0.2) is 34.8 Å². The summed E-state index contributed by atoms with van der Waals surface area (Å²) in [6.07, 6.45) is 0. The number of ether oxygens (including phenoxy) is 1. The predicted molar refractivity (Wildman–Crippen MR) is 136 cm³/mol. The SMILES string of the molecule is NC(N)=Nc1ccc(C(=O)NC2Sc3cc([N+](=O)[O-])ccc3N2CC(=O)OCc2ccccc2)cc1. The van der Waals surface area contributed by atoms with Crippen molar-refractivity contribution in [2.24, 2.45) is 16.5 Å². The largest absolute Gasteiger partial charge is 0.459 e. The number of thioether (sulfide) groups is 1. The average molecular weight is 507 g/mol. The normalized spacial score (nSPS) is 14.0. The van der Waals surface area contributed by atoms with Crippen molar-refractivity contribution < 1.29 is 19.2 Å². The van der Waals surface area contributed by atoms with Gasteiger partial charge in [0.15, 0.2) is 11.5 Å². The first-order valence-electron chi connectivity index (χ1n) is 10.7. The number of guanidine groups is 1. The topological polar surface area (TPSA) is 166 Å². The van der Waals surface area contributed by atoms with Crippen LogP contribution in [0.1, 0.15) is 15.9 Å². The Kier molecular flexibility index (Phi) is 7.35. The Bertz CT molecular complexity index is 1310. The number of nitrogens with two attached hydrogens (primary N) is 2. The number of carbonyl (C=O) groups excluding carboxylic acids is 2. The van der Waals surface area contributed by atoms with E-state index in [1.807, 2.05) is 30.3 Å². The maximum absolute atomic E-state index is 12.9. The van der Waals surface area contributed by atoms with Crippen molar-refractivity contribution in [3.63, 3.8) is 0 Å². The molecular formula is C24H22N6O5S. The number of anilines is 1. The molecule has 1 aliphatic heterocycles. The van der Waals surface area contributed by atoms with E-state index in [0.29, 0.717) is 21.8 Å². The minimum atomic E-state index is -0.698. The molecule has 3 aromatic carbocycles. The Morgan fingerprint density at radius 2 is 1.81 bits per heavy atom. The number of benzene rings is 3. The van der Waals surface area contributed by atoms with Gasteiger partial charge in [-0.2, -0.15) is 0 Å². The quantitative estimate of drug-likeness (QED) is 0.137. The van der Waals surface area contributed by atoms with Gasteiger partial charge in [-0.1, -0.05) is 42.1 Å². The first kappa shape index (κ1) is 24.5. The molecule has 1 amide bonds. The van der Waals surface area contributed by atoms with Crippen LogP contribution in [0.4, 0.5) is 17.1 Å². The van der Waals surface area contributed by atoms with E-state index in [2.05, 4.69) is 10.3 Å². The van der Waals surface area contributed by atoms with Crippen LogP contribution < -0.4 is 21.7 Å². The van der Waals surface area contributed by atoms with E-state index in [1.54, 1.807) is 35.2 Å². The summed E-state index contributed by atoms with van der Waals surface area (Å²) in [7, 11) is 0. The first-order valence-corrected chi connectivity index (χ1v) is 11.6. The molecule has 36 heavy (non-hydrogen) atoms. The molecule has 0 fully saturated rings. The molecule has 4 rings (SSSR count). The molecule has 1 atom stereocenters. The smallest absolute Gasteiger partial charge is 0.325 e. The van der Waals surface area contributed by atoms with Crippen LogP contribution >= 0.6 is 11.8 Å². The number of nitro benzene ring substituents is 1. The summed E-state index contributed by atoms with van der Waals surface area (Å²) >= 11 is 1.19.